The van der Waals surface area contributed by atoms with E-state index in [-0.39, 0.29) is 24.0 Å². The first-order valence-electron chi connectivity index (χ1n) is 5.66. The third kappa shape index (κ3) is 2.00. The predicted molar refractivity (Wildman–Crippen MR) is 66.1 cm³/mol. The van der Waals surface area contributed by atoms with Gasteiger partial charge in [-0.3, -0.25) is 9.59 Å². The van der Waals surface area contributed by atoms with Crippen molar-refractivity contribution in [2.24, 2.45) is 0 Å². The van der Waals surface area contributed by atoms with Gasteiger partial charge in [0.2, 0.25) is 5.91 Å². The van der Waals surface area contributed by atoms with E-state index in [0.717, 1.165) is 11.1 Å². The number of hydrogen-bond acceptors (Lipinski definition) is 2. The maximum absolute atomic E-state index is 12.0. The van der Waals surface area contributed by atoms with E-state index >= 15 is 0 Å². The summed E-state index contributed by atoms with van der Waals surface area (Å²) < 4.78 is 0. The molecule has 3 heteroatoms. The molecule has 0 aliphatic heterocycles. The Morgan fingerprint density at radius 1 is 1.59 bits per heavy atom. The third-order valence-corrected chi connectivity index (χ3v) is 3.10. The number of amides is 1. The van der Waals surface area contributed by atoms with E-state index in [1.54, 1.807) is 12.1 Å². The van der Waals surface area contributed by atoms with Crippen LogP contribution >= 0.6 is 0 Å². The number of Topliss-reactive ketones (excluding diaryl/α,β-unsaturated/α-hetero) is 1. The Kier molecular flexibility index (Phi) is 3.09. The van der Waals surface area contributed by atoms with E-state index in [1.165, 1.54) is 0 Å². The monoisotopic (exact) mass is 229 g/mol. The quantitative estimate of drug-likeness (QED) is 0.805. The molecule has 1 amide bonds. The van der Waals surface area contributed by atoms with Crippen LogP contribution in [0.3, 0.4) is 0 Å². The van der Waals surface area contributed by atoms with Crippen LogP contribution in [0.15, 0.2) is 30.9 Å². The van der Waals surface area contributed by atoms with E-state index in [2.05, 4.69) is 11.9 Å². The van der Waals surface area contributed by atoms with Gasteiger partial charge in [0.1, 0.15) is 0 Å². The summed E-state index contributed by atoms with van der Waals surface area (Å²) in [5, 5.41) is 2.75. The second-order valence-corrected chi connectivity index (χ2v) is 4.25. The zero-order valence-corrected chi connectivity index (χ0v) is 9.82. The Balaban J connectivity index is 2.33. The van der Waals surface area contributed by atoms with E-state index in [4.69, 9.17) is 0 Å². The number of carbonyl (C=O) groups excluding carboxylic acids is 2. The van der Waals surface area contributed by atoms with Crippen molar-refractivity contribution in [3.63, 3.8) is 0 Å². The Bertz CT molecular complexity index is 491. The van der Waals surface area contributed by atoms with Crippen molar-refractivity contribution >= 4 is 11.7 Å². The molecule has 1 aromatic carbocycles. The van der Waals surface area contributed by atoms with Crippen LogP contribution in [0.25, 0.3) is 0 Å². The van der Waals surface area contributed by atoms with E-state index in [0.29, 0.717) is 12.1 Å². The molecule has 3 nitrogen and oxygen atoms in total. The fourth-order valence-corrected chi connectivity index (χ4v) is 2.30. The average Bonchev–Trinajstić information content (AvgIpc) is 2.66. The number of aryl methyl sites for hydroxylation is 1. The average molecular weight is 229 g/mol. The van der Waals surface area contributed by atoms with Gasteiger partial charge < -0.3 is 5.32 Å². The molecule has 1 unspecified atom stereocenters. The van der Waals surface area contributed by atoms with Crippen LogP contribution in [0.1, 0.15) is 33.8 Å². The van der Waals surface area contributed by atoms with Crippen molar-refractivity contribution < 1.29 is 9.59 Å². The number of fused-ring (bicyclic) bond motifs is 1. The van der Waals surface area contributed by atoms with Crippen LogP contribution in [0.4, 0.5) is 0 Å². The molecular formula is C14H15NO2. The maximum atomic E-state index is 12.0. The summed E-state index contributed by atoms with van der Waals surface area (Å²) in [5.41, 5.74) is 2.59. The molecule has 2 rings (SSSR count). The molecular weight excluding hydrogens is 214 g/mol. The molecule has 0 radical (unpaired) electrons. The van der Waals surface area contributed by atoms with Crippen LogP contribution in [-0.4, -0.2) is 18.2 Å². The summed E-state index contributed by atoms with van der Waals surface area (Å²) in [6.07, 6.45) is 1.91. The lowest BCUT2D eigenvalue weighted by Gasteiger charge is -2.12. The van der Waals surface area contributed by atoms with Gasteiger partial charge >= 0.3 is 0 Å². The molecule has 1 N–H and O–H groups in total. The highest BCUT2D eigenvalue weighted by atomic mass is 16.2. The summed E-state index contributed by atoms with van der Waals surface area (Å²) in [6.45, 7) is 5.93. The number of nitrogens with one attached hydrogen (secondary N) is 1. The minimum Gasteiger partial charge on any atom is -0.352 e. The number of benzene rings is 1. The van der Waals surface area contributed by atoms with Crippen LogP contribution in [-0.2, 0) is 4.79 Å². The zero-order chi connectivity index (χ0) is 12.4. The standard InChI is InChI=1S/C14H15NO2/c1-3-7-15-14(17)11-8-12(16)10-6-4-5-9(2)13(10)11/h3-6,11H,1,7-8H2,2H3,(H,15,17). The Labute approximate surface area is 101 Å². The SMILES string of the molecule is C=CCNC(=O)C1CC(=O)c2cccc(C)c21. The molecule has 0 fully saturated rings. The molecule has 1 atom stereocenters. The first-order chi connectivity index (χ1) is 8.15. The van der Waals surface area contributed by atoms with Crippen LogP contribution in [0, 0.1) is 6.92 Å². The Morgan fingerprint density at radius 3 is 3.06 bits per heavy atom. The molecule has 0 saturated heterocycles. The number of rotatable bonds is 3. The van der Waals surface area contributed by atoms with Gasteiger partial charge in [-0.2, -0.15) is 0 Å². The van der Waals surface area contributed by atoms with Gasteiger partial charge in [0, 0.05) is 18.5 Å². The summed E-state index contributed by atoms with van der Waals surface area (Å²) in [7, 11) is 0. The first kappa shape index (κ1) is 11.6. The fourth-order valence-electron chi connectivity index (χ4n) is 2.30. The van der Waals surface area contributed by atoms with Crippen molar-refractivity contribution in [3.05, 3.63) is 47.5 Å². The van der Waals surface area contributed by atoms with Gasteiger partial charge in [0.15, 0.2) is 5.78 Å². The van der Waals surface area contributed by atoms with Crippen molar-refractivity contribution in [2.75, 3.05) is 6.54 Å². The van der Waals surface area contributed by atoms with Crippen molar-refractivity contribution in [1.82, 2.24) is 5.32 Å². The number of hydrogen-bond donors (Lipinski definition) is 1. The Hall–Kier alpha value is -1.90. The zero-order valence-electron chi connectivity index (χ0n) is 9.82. The van der Waals surface area contributed by atoms with Crippen LogP contribution < -0.4 is 5.32 Å². The molecule has 0 aromatic heterocycles. The third-order valence-electron chi connectivity index (χ3n) is 3.10. The normalized spacial score (nSPS) is 17.7. The highest BCUT2D eigenvalue weighted by Crippen LogP contribution is 2.35. The lowest BCUT2D eigenvalue weighted by Crippen LogP contribution is -2.28. The summed E-state index contributed by atoms with van der Waals surface area (Å²) in [4.78, 5) is 23.8. The second kappa shape index (κ2) is 4.53. The molecule has 17 heavy (non-hydrogen) atoms. The molecule has 0 bridgehead atoms. The lowest BCUT2D eigenvalue weighted by atomic mass is 9.96. The summed E-state index contributed by atoms with van der Waals surface area (Å²) in [5.74, 6) is -0.368. The highest BCUT2D eigenvalue weighted by molar-refractivity contribution is 6.07. The van der Waals surface area contributed by atoms with Gasteiger partial charge in [0.05, 0.1) is 5.92 Å². The van der Waals surface area contributed by atoms with Crippen LogP contribution in [0.5, 0.6) is 0 Å². The molecule has 0 heterocycles. The lowest BCUT2D eigenvalue weighted by molar-refractivity contribution is -0.122. The smallest absolute Gasteiger partial charge is 0.228 e. The maximum Gasteiger partial charge on any atom is 0.228 e. The molecule has 0 saturated carbocycles. The molecule has 0 spiro atoms. The van der Waals surface area contributed by atoms with Gasteiger partial charge in [-0.1, -0.05) is 24.3 Å². The second-order valence-electron chi connectivity index (χ2n) is 4.25. The molecule has 88 valence electrons. The Morgan fingerprint density at radius 2 is 2.35 bits per heavy atom. The van der Waals surface area contributed by atoms with Gasteiger partial charge in [-0.15, -0.1) is 6.58 Å². The highest BCUT2D eigenvalue weighted by Gasteiger charge is 2.34. The van der Waals surface area contributed by atoms with Crippen LogP contribution in [0.2, 0.25) is 0 Å². The number of carbonyl (C=O) groups is 2. The first-order valence-corrected chi connectivity index (χ1v) is 5.66. The van der Waals surface area contributed by atoms with Gasteiger partial charge in [-0.25, -0.2) is 0 Å². The minimum absolute atomic E-state index is 0.0578. The molecule has 1 aromatic rings. The van der Waals surface area contributed by atoms with Gasteiger partial charge in [0.25, 0.3) is 0 Å². The van der Waals surface area contributed by atoms with Crippen molar-refractivity contribution in [3.8, 4) is 0 Å². The largest absolute Gasteiger partial charge is 0.352 e. The van der Waals surface area contributed by atoms with Crippen molar-refractivity contribution in [2.45, 2.75) is 19.3 Å². The minimum atomic E-state index is -0.335. The summed E-state index contributed by atoms with van der Waals surface area (Å²) >= 11 is 0. The van der Waals surface area contributed by atoms with Crippen molar-refractivity contribution in [1.29, 1.82) is 0 Å². The van der Waals surface area contributed by atoms with E-state index < -0.39 is 0 Å². The molecule has 1 aliphatic rings. The summed E-state index contributed by atoms with van der Waals surface area (Å²) in [6, 6.07) is 5.59. The topological polar surface area (TPSA) is 46.2 Å². The molecule has 1 aliphatic carbocycles. The van der Waals surface area contributed by atoms with E-state index in [9.17, 15) is 9.59 Å². The van der Waals surface area contributed by atoms with E-state index in [1.807, 2.05) is 19.1 Å². The predicted octanol–water partition coefficient (Wildman–Crippen LogP) is 1.97. The van der Waals surface area contributed by atoms with Gasteiger partial charge in [-0.05, 0) is 18.1 Å². The fraction of sp³-hybridized carbons (Fsp3) is 0.286. The number of ketones is 1.